The summed E-state index contributed by atoms with van der Waals surface area (Å²) >= 11 is 0. The molecule has 1 aromatic heterocycles. The number of para-hydroxylation sites is 1. The van der Waals surface area contributed by atoms with Gasteiger partial charge in [-0.1, -0.05) is 31.5 Å². The highest BCUT2D eigenvalue weighted by atomic mass is 16.5. The highest BCUT2D eigenvalue weighted by Crippen LogP contribution is 2.45. The fourth-order valence-corrected chi connectivity index (χ4v) is 5.89. The Balaban J connectivity index is 1.45. The molecule has 0 radical (unpaired) electrons. The van der Waals surface area contributed by atoms with Crippen molar-refractivity contribution in [2.45, 2.75) is 70.4 Å². The fourth-order valence-electron chi connectivity index (χ4n) is 5.89. The van der Waals surface area contributed by atoms with Gasteiger partial charge in [0.15, 0.2) is 0 Å². The van der Waals surface area contributed by atoms with E-state index in [1.165, 1.54) is 42.4 Å². The summed E-state index contributed by atoms with van der Waals surface area (Å²) in [6.45, 7) is 6.92. The molecule has 1 aromatic carbocycles. The van der Waals surface area contributed by atoms with Gasteiger partial charge in [0, 0.05) is 41.6 Å². The van der Waals surface area contributed by atoms with E-state index in [0.717, 1.165) is 19.4 Å². The molecule has 3 aliphatic heterocycles. The molecule has 0 saturated carbocycles. The minimum atomic E-state index is 0.290. The molecular formula is C23H33N3O. The zero-order valence-electron chi connectivity index (χ0n) is 16.9. The van der Waals surface area contributed by atoms with Gasteiger partial charge in [-0.25, -0.2) is 0 Å². The highest BCUT2D eigenvalue weighted by Gasteiger charge is 2.47. The van der Waals surface area contributed by atoms with Crippen LogP contribution in [0.15, 0.2) is 24.3 Å². The first-order chi connectivity index (χ1) is 13.2. The third kappa shape index (κ3) is 2.84. The van der Waals surface area contributed by atoms with E-state index in [0.29, 0.717) is 30.3 Å². The average Bonchev–Trinajstić information content (AvgIpc) is 3.07. The van der Waals surface area contributed by atoms with E-state index in [1.54, 1.807) is 5.56 Å². The molecule has 2 aromatic rings. The van der Waals surface area contributed by atoms with Gasteiger partial charge in [0.2, 0.25) is 0 Å². The summed E-state index contributed by atoms with van der Waals surface area (Å²) in [5.41, 5.74) is 4.36. The van der Waals surface area contributed by atoms with E-state index in [1.807, 2.05) is 0 Å². The van der Waals surface area contributed by atoms with E-state index in [4.69, 9.17) is 4.74 Å². The second-order valence-corrected chi connectivity index (χ2v) is 8.89. The Morgan fingerprint density at radius 1 is 1.26 bits per heavy atom. The number of unbranched alkanes of at least 4 members (excludes halogenated alkanes) is 1. The van der Waals surface area contributed by atoms with Crippen LogP contribution in [0.1, 0.15) is 56.8 Å². The number of piperidine rings is 1. The van der Waals surface area contributed by atoms with E-state index in [-0.39, 0.29) is 0 Å². The molecule has 4 heteroatoms. The van der Waals surface area contributed by atoms with Gasteiger partial charge >= 0.3 is 0 Å². The largest absolute Gasteiger partial charge is 0.360 e. The van der Waals surface area contributed by atoms with Crippen LogP contribution in [0.3, 0.4) is 0 Å². The third-order valence-corrected chi connectivity index (χ3v) is 7.43. The Hall–Kier alpha value is -1.36. The first kappa shape index (κ1) is 17.7. The Labute approximate surface area is 162 Å². The lowest BCUT2D eigenvalue weighted by Crippen LogP contribution is -2.62. The normalized spacial score (nSPS) is 34.3. The zero-order chi connectivity index (χ0) is 18.5. The first-order valence-electron chi connectivity index (χ1n) is 10.9. The minimum absolute atomic E-state index is 0.290. The molecule has 27 heavy (non-hydrogen) atoms. The lowest BCUT2D eigenvalue weighted by Gasteiger charge is -2.55. The lowest BCUT2D eigenvalue weighted by molar-refractivity contribution is -0.201. The van der Waals surface area contributed by atoms with Crippen molar-refractivity contribution in [3.8, 4) is 0 Å². The second-order valence-electron chi connectivity index (χ2n) is 8.89. The van der Waals surface area contributed by atoms with Gasteiger partial charge in [-0.15, -0.1) is 0 Å². The van der Waals surface area contributed by atoms with Crippen LogP contribution < -0.4 is 0 Å². The number of ether oxygens (including phenoxy) is 1. The summed E-state index contributed by atoms with van der Waals surface area (Å²) in [6, 6.07) is 9.98. The molecule has 0 spiro atoms. The van der Waals surface area contributed by atoms with Crippen molar-refractivity contribution >= 4 is 10.9 Å². The number of fused-ring (bicyclic) bond motifs is 6. The number of nitrogens with zero attached hydrogens (tertiary/aromatic N) is 2. The number of aromatic amines is 1. The molecule has 146 valence electrons. The number of nitrogens with one attached hydrogen (secondary N) is 1. The zero-order valence-corrected chi connectivity index (χ0v) is 16.9. The van der Waals surface area contributed by atoms with Crippen molar-refractivity contribution < 1.29 is 4.74 Å². The van der Waals surface area contributed by atoms with Gasteiger partial charge in [-0.05, 0) is 51.3 Å². The Bertz CT molecular complexity index is 815. The van der Waals surface area contributed by atoms with E-state index >= 15 is 0 Å². The van der Waals surface area contributed by atoms with Gasteiger partial charge in [-0.2, -0.15) is 0 Å². The number of aromatic nitrogens is 1. The van der Waals surface area contributed by atoms with E-state index in [2.05, 4.69) is 59.9 Å². The molecule has 0 bridgehead atoms. The Morgan fingerprint density at radius 3 is 2.96 bits per heavy atom. The van der Waals surface area contributed by atoms with Crippen LogP contribution in [0, 0.1) is 5.92 Å². The van der Waals surface area contributed by atoms with Crippen molar-refractivity contribution in [1.82, 2.24) is 14.8 Å². The lowest BCUT2D eigenvalue weighted by atomic mass is 9.79. The van der Waals surface area contributed by atoms with Crippen molar-refractivity contribution in [2.24, 2.45) is 5.92 Å². The summed E-state index contributed by atoms with van der Waals surface area (Å²) in [5.74, 6) is 0.620. The smallest absolute Gasteiger partial charge is 0.110 e. The maximum Gasteiger partial charge on any atom is 0.110 e. The van der Waals surface area contributed by atoms with Crippen LogP contribution in [0.4, 0.5) is 0 Å². The van der Waals surface area contributed by atoms with Gasteiger partial charge in [0.25, 0.3) is 0 Å². The number of hydrogen-bond donors (Lipinski definition) is 1. The quantitative estimate of drug-likeness (QED) is 0.876. The summed E-state index contributed by atoms with van der Waals surface area (Å²) in [4.78, 5) is 9.08. The molecule has 3 aliphatic rings. The minimum Gasteiger partial charge on any atom is -0.360 e. The predicted molar refractivity (Wildman–Crippen MR) is 110 cm³/mol. The van der Waals surface area contributed by atoms with Crippen molar-refractivity contribution in [3.05, 3.63) is 35.5 Å². The molecule has 5 atom stereocenters. The van der Waals surface area contributed by atoms with Crippen LogP contribution in [0.25, 0.3) is 10.9 Å². The molecule has 2 fully saturated rings. The molecule has 0 aliphatic carbocycles. The third-order valence-electron chi connectivity index (χ3n) is 7.43. The molecule has 5 rings (SSSR count). The van der Waals surface area contributed by atoms with E-state index < -0.39 is 0 Å². The van der Waals surface area contributed by atoms with Gasteiger partial charge in [0.05, 0.1) is 12.1 Å². The number of hydrogen-bond acceptors (Lipinski definition) is 3. The van der Waals surface area contributed by atoms with Crippen LogP contribution >= 0.6 is 0 Å². The summed E-state index contributed by atoms with van der Waals surface area (Å²) < 4.78 is 6.46. The van der Waals surface area contributed by atoms with Gasteiger partial charge in [-0.3, -0.25) is 9.80 Å². The summed E-state index contributed by atoms with van der Waals surface area (Å²) in [6.07, 6.45) is 6.68. The van der Waals surface area contributed by atoms with Crippen molar-refractivity contribution in [2.75, 3.05) is 20.1 Å². The molecule has 2 saturated heterocycles. The predicted octanol–water partition coefficient (Wildman–Crippen LogP) is 4.32. The Morgan fingerprint density at radius 2 is 2.11 bits per heavy atom. The first-order valence-corrected chi connectivity index (χ1v) is 10.9. The number of rotatable bonds is 3. The van der Waals surface area contributed by atoms with Crippen LogP contribution in [0.5, 0.6) is 0 Å². The van der Waals surface area contributed by atoms with Crippen LogP contribution in [-0.4, -0.2) is 53.3 Å². The van der Waals surface area contributed by atoms with Gasteiger partial charge < -0.3 is 9.72 Å². The second kappa shape index (κ2) is 6.91. The molecular weight excluding hydrogens is 334 g/mol. The number of H-pyrrole nitrogens is 1. The average molecular weight is 368 g/mol. The van der Waals surface area contributed by atoms with Gasteiger partial charge in [0.1, 0.15) is 6.23 Å². The van der Waals surface area contributed by atoms with Crippen molar-refractivity contribution in [3.63, 3.8) is 0 Å². The molecule has 4 nitrogen and oxygen atoms in total. The summed E-state index contributed by atoms with van der Waals surface area (Å²) in [5, 5.41) is 1.43. The fraction of sp³-hybridized carbons (Fsp3) is 0.652. The maximum atomic E-state index is 6.46. The van der Waals surface area contributed by atoms with Crippen LogP contribution in [-0.2, 0) is 11.2 Å². The standard InChI is InChI=1S/C23H33N3O/c1-4-5-10-22-25(3)20-13-21-23-17(16-8-6-7-9-19(16)24-23)11-12-26(21)14-18(20)15(2)27-22/h6-9,15,18,20-22,24H,4-5,10-14H2,1-3H3/t15-,18-,20-,21-,22?/m0/s1. The van der Waals surface area contributed by atoms with E-state index in [9.17, 15) is 0 Å². The maximum absolute atomic E-state index is 6.46. The molecule has 1 unspecified atom stereocenters. The van der Waals surface area contributed by atoms with Crippen LogP contribution in [0.2, 0.25) is 0 Å². The molecule has 4 heterocycles. The summed E-state index contributed by atoms with van der Waals surface area (Å²) in [7, 11) is 2.30. The monoisotopic (exact) mass is 367 g/mol. The number of benzene rings is 1. The molecule has 1 N–H and O–H groups in total. The molecule has 0 amide bonds. The SMILES string of the molecule is CCCCC1O[C@@H](C)[C@@H]2CN3CCc4c([nH]c5ccccc45)[C@@H]3C[C@@H]2N1C. The topological polar surface area (TPSA) is 31.5 Å². The highest BCUT2D eigenvalue weighted by molar-refractivity contribution is 5.85. The van der Waals surface area contributed by atoms with Crippen molar-refractivity contribution in [1.29, 1.82) is 0 Å². The Kier molecular flexibility index (Phi) is 4.53.